The van der Waals surface area contributed by atoms with Gasteiger partial charge in [0.2, 0.25) is 0 Å². The number of hydrogen-bond donors (Lipinski definition) is 0. The molecule has 4 rings (SSSR count). The minimum Gasteiger partial charge on any atom is -0.497 e. The van der Waals surface area contributed by atoms with Crippen LogP contribution in [0.4, 0.5) is 11.4 Å². The van der Waals surface area contributed by atoms with Gasteiger partial charge in [-0.15, -0.1) is 0 Å². The van der Waals surface area contributed by atoms with Gasteiger partial charge < -0.3 is 9.64 Å². The van der Waals surface area contributed by atoms with Crippen LogP contribution in [0.5, 0.6) is 5.75 Å². The van der Waals surface area contributed by atoms with Crippen molar-refractivity contribution < 1.29 is 9.53 Å². The van der Waals surface area contributed by atoms with Crippen molar-refractivity contribution in [1.82, 2.24) is 4.90 Å². The number of para-hydroxylation sites is 1. The van der Waals surface area contributed by atoms with E-state index in [4.69, 9.17) is 17.0 Å². The van der Waals surface area contributed by atoms with E-state index in [9.17, 15) is 4.79 Å². The third kappa shape index (κ3) is 2.80. The molecule has 2 aliphatic heterocycles. The van der Waals surface area contributed by atoms with Crippen molar-refractivity contribution in [2.45, 2.75) is 11.8 Å². The second-order valence-corrected chi connectivity index (χ2v) is 8.33. The number of amides is 1. The Labute approximate surface area is 166 Å². The topological polar surface area (TPSA) is 32.8 Å². The smallest absolute Gasteiger partial charge is 0.268 e. The molecular weight excluding hydrogens is 384 g/mol. The van der Waals surface area contributed by atoms with Gasteiger partial charge in [0.05, 0.1) is 12.8 Å². The predicted octanol–water partition coefficient (Wildman–Crippen LogP) is 4.99. The van der Waals surface area contributed by atoms with Gasteiger partial charge in [0.25, 0.3) is 5.91 Å². The number of carbonyl (C=O) groups excluding carboxylic acids is 1. The van der Waals surface area contributed by atoms with Crippen molar-refractivity contribution in [1.29, 1.82) is 0 Å². The Kier molecular flexibility index (Phi) is 4.69. The Morgan fingerprint density at radius 3 is 2.54 bits per heavy atom. The monoisotopic (exact) mass is 400 g/mol. The van der Waals surface area contributed by atoms with Crippen molar-refractivity contribution in [3.8, 4) is 5.75 Å². The van der Waals surface area contributed by atoms with Gasteiger partial charge in [0.1, 0.15) is 20.0 Å². The zero-order chi connectivity index (χ0) is 18.3. The first-order chi connectivity index (χ1) is 12.6. The van der Waals surface area contributed by atoms with Crippen molar-refractivity contribution >= 4 is 57.3 Å². The first-order valence-electron chi connectivity index (χ1n) is 8.13. The quantitative estimate of drug-likeness (QED) is 0.533. The van der Waals surface area contributed by atoms with Crippen LogP contribution in [0.1, 0.15) is 6.92 Å². The summed E-state index contributed by atoms with van der Waals surface area (Å²) in [7, 11) is 1.66. The number of likely N-dealkylation sites (N-methyl/N-ethyl adjacent to an activating group) is 1. The average molecular weight is 401 g/mol. The number of methoxy groups -OCH3 is 1. The highest BCUT2D eigenvalue weighted by Gasteiger charge is 2.39. The highest BCUT2D eigenvalue weighted by molar-refractivity contribution is 8.27. The lowest BCUT2D eigenvalue weighted by molar-refractivity contribution is -0.122. The van der Waals surface area contributed by atoms with Gasteiger partial charge >= 0.3 is 0 Å². The standard InChI is InChI=1S/C19H16N2O2S3/c1-3-20-17(22)16(26-19(20)24)18-21(12-7-5-4-6-8-12)14-11-13(23-2)9-10-15(14)25-18/h4-11H,3H2,1-2H3/b18-16+. The summed E-state index contributed by atoms with van der Waals surface area (Å²) in [5.41, 5.74) is 2.01. The van der Waals surface area contributed by atoms with E-state index in [2.05, 4.69) is 4.90 Å². The van der Waals surface area contributed by atoms with Crippen molar-refractivity contribution in [2.24, 2.45) is 0 Å². The normalized spacial score (nSPS) is 19.3. The fourth-order valence-corrected chi connectivity index (χ4v) is 5.58. The van der Waals surface area contributed by atoms with Crippen LogP contribution in [0.2, 0.25) is 0 Å². The zero-order valence-corrected chi connectivity index (χ0v) is 16.7. The van der Waals surface area contributed by atoms with E-state index in [1.165, 1.54) is 11.8 Å². The number of thiocarbonyl (C=S) groups is 1. The summed E-state index contributed by atoms with van der Waals surface area (Å²) in [4.78, 5) is 18.4. The minimum atomic E-state index is -0.0225. The molecule has 0 saturated carbocycles. The van der Waals surface area contributed by atoms with Crippen LogP contribution in [0.25, 0.3) is 0 Å². The molecule has 2 heterocycles. The van der Waals surface area contributed by atoms with E-state index in [1.54, 1.807) is 23.8 Å². The van der Waals surface area contributed by atoms with E-state index >= 15 is 0 Å². The summed E-state index contributed by atoms with van der Waals surface area (Å²) in [6, 6.07) is 16.0. The van der Waals surface area contributed by atoms with Gasteiger partial charge in [0.15, 0.2) is 0 Å². The number of thioether (sulfide) groups is 2. The lowest BCUT2D eigenvalue weighted by Crippen LogP contribution is -2.28. The zero-order valence-electron chi connectivity index (χ0n) is 14.3. The van der Waals surface area contributed by atoms with Gasteiger partial charge in [-0.25, -0.2) is 0 Å². The largest absolute Gasteiger partial charge is 0.497 e. The number of ether oxygens (including phenoxy) is 1. The lowest BCUT2D eigenvalue weighted by Gasteiger charge is -2.22. The van der Waals surface area contributed by atoms with E-state index in [-0.39, 0.29) is 5.91 Å². The van der Waals surface area contributed by atoms with E-state index < -0.39 is 0 Å². The molecule has 0 N–H and O–H groups in total. The molecule has 7 heteroatoms. The van der Waals surface area contributed by atoms with Gasteiger partial charge in [-0.2, -0.15) is 0 Å². The molecule has 0 atom stereocenters. The summed E-state index contributed by atoms with van der Waals surface area (Å²) in [6.45, 7) is 2.52. The molecule has 26 heavy (non-hydrogen) atoms. The number of hydrogen-bond acceptors (Lipinski definition) is 6. The first kappa shape index (κ1) is 17.5. The molecular formula is C19H16N2O2S3. The second kappa shape index (κ2) is 6.98. The maximum absolute atomic E-state index is 12.9. The van der Waals surface area contributed by atoms with Gasteiger partial charge in [-0.05, 0) is 31.2 Å². The Morgan fingerprint density at radius 1 is 1.12 bits per heavy atom. The Morgan fingerprint density at radius 2 is 1.88 bits per heavy atom. The second-order valence-electron chi connectivity index (χ2n) is 5.66. The maximum Gasteiger partial charge on any atom is 0.268 e. The third-order valence-electron chi connectivity index (χ3n) is 4.19. The van der Waals surface area contributed by atoms with Crippen molar-refractivity contribution in [2.75, 3.05) is 18.6 Å². The molecule has 0 bridgehead atoms. The molecule has 132 valence electrons. The van der Waals surface area contributed by atoms with E-state index in [0.717, 1.165) is 27.0 Å². The Hall–Kier alpha value is -1.96. The van der Waals surface area contributed by atoms with Crippen LogP contribution in [-0.4, -0.2) is 28.8 Å². The van der Waals surface area contributed by atoms with Crippen LogP contribution < -0.4 is 9.64 Å². The first-order valence-corrected chi connectivity index (χ1v) is 10.2. The van der Waals surface area contributed by atoms with Crippen LogP contribution in [0, 0.1) is 0 Å². The highest BCUT2D eigenvalue weighted by Crippen LogP contribution is 2.54. The molecule has 0 spiro atoms. The fourth-order valence-electron chi connectivity index (χ4n) is 2.93. The number of rotatable bonds is 3. The van der Waals surface area contributed by atoms with Crippen molar-refractivity contribution in [3.63, 3.8) is 0 Å². The van der Waals surface area contributed by atoms with Crippen LogP contribution >= 0.6 is 35.7 Å². The Balaban J connectivity index is 1.89. The van der Waals surface area contributed by atoms with E-state index in [1.807, 2.05) is 55.5 Å². The number of fused-ring (bicyclic) bond motifs is 1. The molecule has 0 unspecified atom stereocenters. The SMILES string of the molecule is CCN1C(=O)/C(=C2\Sc3ccc(OC)cc3N2c2ccccc2)SC1=S. The number of anilines is 2. The van der Waals surface area contributed by atoms with Crippen molar-refractivity contribution in [3.05, 3.63) is 58.5 Å². The molecule has 1 saturated heterocycles. The molecule has 0 aliphatic carbocycles. The summed E-state index contributed by atoms with van der Waals surface area (Å²) >= 11 is 8.37. The Bertz CT molecular complexity index is 928. The average Bonchev–Trinajstić information content (AvgIpc) is 3.18. The highest BCUT2D eigenvalue weighted by atomic mass is 32.2. The summed E-state index contributed by atoms with van der Waals surface area (Å²) < 4.78 is 6.02. The summed E-state index contributed by atoms with van der Waals surface area (Å²) in [5, 5.41) is 0.896. The van der Waals surface area contributed by atoms with Gasteiger partial charge in [-0.1, -0.05) is 53.9 Å². The van der Waals surface area contributed by atoms with Gasteiger partial charge in [-0.3, -0.25) is 9.69 Å². The van der Waals surface area contributed by atoms with Crippen LogP contribution in [0.15, 0.2) is 63.4 Å². The molecule has 2 aliphatic rings. The van der Waals surface area contributed by atoms with Crippen LogP contribution in [-0.2, 0) is 4.79 Å². The lowest BCUT2D eigenvalue weighted by atomic mass is 10.2. The van der Waals surface area contributed by atoms with Gasteiger partial charge in [0, 0.05) is 23.2 Å². The van der Waals surface area contributed by atoms with Crippen LogP contribution in [0.3, 0.4) is 0 Å². The molecule has 2 aromatic carbocycles. The maximum atomic E-state index is 12.9. The third-order valence-corrected chi connectivity index (χ3v) is 6.90. The molecule has 1 amide bonds. The molecule has 0 aromatic heterocycles. The predicted molar refractivity (Wildman–Crippen MR) is 112 cm³/mol. The molecule has 4 nitrogen and oxygen atoms in total. The summed E-state index contributed by atoms with van der Waals surface area (Å²) in [5.74, 6) is 0.762. The van der Waals surface area contributed by atoms with E-state index in [0.29, 0.717) is 15.8 Å². The molecule has 1 fully saturated rings. The fraction of sp³-hybridized carbons (Fsp3) is 0.158. The summed E-state index contributed by atoms with van der Waals surface area (Å²) in [6.07, 6.45) is 0. The minimum absolute atomic E-state index is 0.0225. The number of nitrogens with zero attached hydrogens (tertiary/aromatic N) is 2. The molecule has 2 aromatic rings. The molecule has 0 radical (unpaired) electrons. The number of carbonyl (C=O) groups is 1. The number of benzene rings is 2.